The molecule has 1 N–H and O–H groups in total. The molecule has 2 aliphatic heterocycles. The molecule has 2 unspecified atom stereocenters. The molecule has 0 aromatic carbocycles. The predicted octanol–water partition coefficient (Wildman–Crippen LogP) is 0.0690. The van der Waals surface area contributed by atoms with Gasteiger partial charge in [-0.2, -0.15) is 0 Å². The second-order valence-corrected chi connectivity index (χ2v) is 3.81. The molecule has 0 aromatic rings. The summed E-state index contributed by atoms with van der Waals surface area (Å²) in [6.45, 7) is 7.67. The van der Waals surface area contributed by atoms with Gasteiger partial charge in [0.25, 0.3) is 0 Å². The lowest BCUT2D eigenvalue weighted by Crippen LogP contribution is -2.54. The van der Waals surface area contributed by atoms with E-state index in [2.05, 4.69) is 17.1 Å². The van der Waals surface area contributed by atoms with E-state index in [1.165, 1.54) is 13.0 Å². The Labute approximate surface area is 74.1 Å². The first-order valence-corrected chi connectivity index (χ1v) is 4.92. The molecular formula is C9H18N2O. The third kappa shape index (κ3) is 1.63. The highest BCUT2D eigenvalue weighted by Crippen LogP contribution is 2.16. The first kappa shape index (κ1) is 8.48. The monoisotopic (exact) mass is 170 g/mol. The van der Waals surface area contributed by atoms with Gasteiger partial charge in [0.1, 0.15) is 0 Å². The highest BCUT2D eigenvalue weighted by molar-refractivity contribution is 4.84. The van der Waals surface area contributed by atoms with Crippen molar-refractivity contribution in [3.63, 3.8) is 0 Å². The molecule has 2 saturated heterocycles. The van der Waals surface area contributed by atoms with Gasteiger partial charge in [0.05, 0.1) is 6.61 Å². The van der Waals surface area contributed by atoms with Crippen LogP contribution in [0.2, 0.25) is 0 Å². The molecule has 0 bridgehead atoms. The third-order valence-corrected chi connectivity index (χ3v) is 2.93. The lowest BCUT2D eigenvalue weighted by atomic mass is 10.1. The number of ether oxygens (including phenoxy) is 1. The number of nitrogens with zero attached hydrogens (tertiary/aromatic N) is 1. The molecule has 12 heavy (non-hydrogen) atoms. The lowest BCUT2D eigenvalue weighted by molar-refractivity contribution is 0.0972. The largest absolute Gasteiger partial charge is 0.380 e. The smallest absolute Gasteiger partial charge is 0.0622 e. The van der Waals surface area contributed by atoms with Crippen LogP contribution in [-0.2, 0) is 4.74 Å². The number of piperazine rings is 1. The minimum atomic E-state index is 0.686. The van der Waals surface area contributed by atoms with E-state index in [1.54, 1.807) is 0 Å². The number of hydrogen-bond acceptors (Lipinski definition) is 3. The molecule has 3 nitrogen and oxygen atoms in total. The second kappa shape index (κ2) is 3.73. The number of hydrogen-bond donors (Lipinski definition) is 1. The van der Waals surface area contributed by atoms with Crippen molar-refractivity contribution in [3.8, 4) is 0 Å². The SMILES string of the molecule is CC1CNCCN1C1CCOC1. The van der Waals surface area contributed by atoms with Gasteiger partial charge in [-0.1, -0.05) is 0 Å². The van der Waals surface area contributed by atoms with Crippen molar-refractivity contribution in [3.05, 3.63) is 0 Å². The van der Waals surface area contributed by atoms with Gasteiger partial charge in [0.15, 0.2) is 0 Å². The van der Waals surface area contributed by atoms with Gasteiger partial charge in [0.2, 0.25) is 0 Å². The quantitative estimate of drug-likeness (QED) is 0.602. The summed E-state index contributed by atoms with van der Waals surface area (Å²) in [5.74, 6) is 0. The van der Waals surface area contributed by atoms with Crippen molar-refractivity contribution >= 4 is 0 Å². The van der Waals surface area contributed by atoms with Crippen molar-refractivity contribution in [2.45, 2.75) is 25.4 Å². The molecule has 2 atom stereocenters. The third-order valence-electron chi connectivity index (χ3n) is 2.93. The maximum absolute atomic E-state index is 5.40. The van der Waals surface area contributed by atoms with Crippen LogP contribution in [0.3, 0.4) is 0 Å². The maximum Gasteiger partial charge on any atom is 0.0622 e. The Morgan fingerprint density at radius 2 is 2.42 bits per heavy atom. The molecule has 2 heterocycles. The van der Waals surface area contributed by atoms with E-state index in [1.807, 2.05) is 0 Å². The molecular weight excluding hydrogens is 152 g/mol. The van der Waals surface area contributed by atoms with Crippen LogP contribution >= 0.6 is 0 Å². The number of nitrogens with one attached hydrogen (secondary N) is 1. The van der Waals surface area contributed by atoms with E-state index in [0.717, 1.165) is 26.3 Å². The lowest BCUT2D eigenvalue weighted by Gasteiger charge is -2.37. The molecule has 70 valence electrons. The summed E-state index contributed by atoms with van der Waals surface area (Å²) in [7, 11) is 0. The van der Waals surface area contributed by atoms with E-state index < -0.39 is 0 Å². The standard InChI is InChI=1S/C9H18N2O/c1-8-6-10-3-4-11(8)9-2-5-12-7-9/h8-10H,2-7H2,1H3. The highest BCUT2D eigenvalue weighted by Gasteiger charge is 2.28. The molecule has 0 aliphatic carbocycles. The molecule has 3 heteroatoms. The Morgan fingerprint density at radius 3 is 3.08 bits per heavy atom. The van der Waals surface area contributed by atoms with E-state index in [9.17, 15) is 0 Å². The van der Waals surface area contributed by atoms with Crippen molar-refractivity contribution in [2.75, 3.05) is 32.8 Å². The zero-order chi connectivity index (χ0) is 8.39. The normalized spacial score (nSPS) is 38.8. The van der Waals surface area contributed by atoms with Crippen LogP contribution in [0.25, 0.3) is 0 Å². The second-order valence-electron chi connectivity index (χ2n) is 3.81. The van der Waals surface area contributed by atoms with Crippen LogP contribution in [0, 0.1) is 0 Å². The van der Waals surface area contributed by atoms with Crippen LogP contribution in [0.4, 0.5) is 0 Å². The zero-order valence-electron chi connectivity index (χ0n) is 7.75. The summed E-state index contributed by atoms with van der Waals surface area (Å²) in [6.07, 6.45) is 1.23. The van der Waals surface area contributed by atoms with Gasteiger partial charge in [-0.15, -0.1) is 0 Å². The predicted molar refractivity (Wildman–Crippen MR) is 48.3 cm³/mol. The molecule has 2 rings (SSSR count). The van der Waals surface area contributed by atoms with Gasteiger partial charge < -0.3 is 10.1 Å². The van der Waals surface area contributed by atoms with Gasteiger partial charge in [-0.05, 0) is 13.3 Å². The molecule has 0 radical (unpaired) electrons. The zero-order valence-corrected chi connectivity index (χ0v) is 7.75. The summed E-state index contributed by atoms with van der Waals surface area (Å²) in [5.41, 5.74) is 0. The number of rotatable bonds is 1. The molecule has 2 aliphatic rings. The minimum absolute atomic E-state index is 0.686. The first-order valence-electron chi connectivity index (χ1n) is 4.92. The average molecular weight is 170 g/mol. The summed E-state index contributed by atoms with van der Waals surface area (Å²) >= 11 is 0. The van der Waals surface area contributed by atoms with Crippen LogP contribution < -0.4 is 5.32 Å². The van der Waals surface area contributed by atoms with Crippen LogP contribution in [0.5, 0.6) is 0 Å². The maximum atomic E-state index is 5.40. The Morgan fingerprint density at radius 1 is 1.50 bits per heavy atom. The van der Waals surface area contributed by atoms with Crippen molar-refractivity contribution in [1.29, 1.82) is 0 Å². The van der Waals surface area contributed by atoms with E-state index in [-0.39, 0.29) is 0 Å². The first-order chi connectivity index (χ1) is 5.88. The van der Waals surface area contributed by atoms with Gasteiger partial charge in [-0.3, -0.25) is 4.90 Å². The fourth-order valence-electron chi connectivity index (χ4n) is 2.18. The van der Waals surface area contributed by atoms with Crippen LogP contribution in [0.15, 0.2) is 0 Å². The van der Waals surface area contributed by atoms with Gasteiger partial charge in [-0.25, -0.2) is 0 Å². The topological polar surface area (TPSA) is 24.5 Å². The fourth-order valence-corrected chi connectivity index (χ4v) is 2.18. The summed E-state index contributed by atoms with van der Waals surface area (Å²) < 4.78 is 5.40. The van der Waals surface area contributed by atoms with Gasteiger partial charge in [0, 0.05) is 38.3 Å². The van der Waals surface area contributed by atoms with Crippen molar-refractivity contribution in [2.24, 2.45) is 0 Å². The highest BCUT2D eigenvalue weighted by atomic mass is 16.5. The van der Waals surface area contributed by atoms with Crippen molar-refractivity contribution < 1.29 is 4.74 Å². The fraction of sp³-hybridized carbons (Fsp3) is 1.00. The molecule has 0 saturated carbocycles. The Kier molecular flexibility index (Phi) is 2.63. The Balaban J connectivity index is 1.91. The Hall–Kier alpha value is -0.120. The molecule has 0 spiro atoms. The van der Waals surface area contributed by atoms with Crippen LogP contribution in [-0.4, -0.2) is 49.8 Å². The van der Waals surface area contributed by atoms with E-state index >= 15 is 0 Å². The van der Waals surface area contributed by atoms with E-state index in [4.69, 9.17) is 4.74 Å². The summed E-state index contributed by atoms with van der Waals surface area (Å²) in [6, 6.07) is 1.38. The molecule has 0 amide bonds. The van der Waals surface area contributed by atoms with Crippen LogP contribution in [0.1, 0.15) is 13.3 Å². The summed E-state index contributed by atoms with van der Waals surface area (Å²) in [5, 5.41) is 3.41. The minimum Gasteiger partial charge on any atom is -0.380 e. The van der Waals surface area contributed by atoms with E-state index in [0.29, 0.717) is 12.1 Å². The average Bonchev–Trinajstić information content (AvgIpc) is 2.57. The Bertz CT molecular complexity index is 145. The van der Waals surface area contributed by atoms with Crippen molar-refractivity contribution in [1.82, 2.24) is 10.2 Å². The van der Waals surface area contributed by atoms with Gasteiger partial charge >= 0.3 is 0 Å². The molecule has 0 aromatic heterocycles. The summed E-state index contributed by atoms with van der Waals surface area (Å²) in [4.78, 5) is 2.59. The molecule has 2 fully saturated rings.